The van der Waals surface area contributed by atoms with Gasteiger partial charge in [-0.05, 0) is 111 Å². The van der Waals surface area contributed by atoms with E-state index in [1.54, 1.807) is 0 Å². The number of benzene rings is 3. The average Bonchev–Trinajstić information content (AvgIpc) is 3.74. The predicted molar refractivity (Wildman–Crippen MR) is 368 cm³/mol. The predicted octanol–water partition coefficient (Wildman–Crippen LogP) is 22.2. The molecule has 87 heavy (non-hydrogen) atoms. The summed E-state index contributed by atoms with van der Waals surface area (Å²) in [7, 11) is 0. The summed E-state index contributed by atoms with van der Waals surface area (Å²) in [6.45, 7) is 11.9. The number of carbonyl (C=O) groups is 3. The summed E-state index contributed by atoms with van der Waals surface area (Å²) in [5.41, 5.74) is 1.85. The highest BCUT2D eigenvalue weighted by atomic mass is 16.5. The maximum atomic E-state index is 14.3. The lowest BCUT2D eigenvalue weighted by atomic mass is 10.0. The molecule has 1 saturated heterocycles. The molecule has 3 aromatic carbocycles. The summed E-state index contributed by atoms with van der Waals surface area (Å²) in [6, 6.07) is 22.8. The molecule has 0 N–H and O–H groups in total. The van der Waals surface area contributed by atoms with Crippen LogP contribution in [0.15, 0.2) is 72.8 Å². The molecule has 0 bridgehead atoms. The number of hydrogen-bond donors (Lipinski definition) is 0. The first kappa shape index (κ1) is 74.9. The molecular formula is C78H129N3O6. The van der Waals surface area contributed by atoms with Crippen molar-refractivity contribution < 1.29 is 28.6 Å². The lowest BCUT2D eigenvalue weighted by molar-refractivity contribution is 0.0666. The van der Waals surface area contributed by atoms with Gasteiger partial charge >= 0.3 is 0 Å². The Morgan fingerprint density at radius 2 is 0.414 bits per heavy atom. The van der Waals surface area contributed by atoms with Gasteiger partial charge in [-0.3, -0.25) is 14.4 Å². The second kappa shape index (κ2) is 52.3. The minimum Gasteiger partial charge on any atom is -0.494 e. The summed E-state index contributed by atoms with van der Waals surface area (Å²) >= 11 is 0. The molecule has 1 fully saturated rings. The Morgan fingerprint density at radius 1 is 0.253 bits per heavy atom. The molecule has 9 nitrogen and oxygen atoms in total. The van der Waals surface area contributed by atoms with E-state index in [1.165, 1.54) is 250 Å². The first-order valence-corrected chi connectivity index (χ1v) is 37.0. The fourth-order valence-electron chi connectivity index (χ4n) is 12.4. The normalized spacial score (nSPS) is 13.3. The highest BCUT2D eigenvalue weighted by molar-refractivity contribution is 5.95. The minimum atomic E-state index is -0.0457. The molecular weight excluding hydrogens is 1070 g/mol. The quantitative estimate of drug-likeness (QED) is 0.0523. The third-order valence-corrected chi connectivity index (χ3v) is 18.0. The molecule has 0 unspecified atom stereocenters. The zero-order valence-electron chi connectivity index (χ0n) is 56.4. The summed E-state index contributed by atoms with van der Waals surface area (Å²) in [4.78, 5) is 48.7. The van der Waals surface area contributed by atoms with Crippen molar-refractivity contribution in [2.45, 2.75) is 310 Å². The molecule has 0 saturated carbocycles. The fraction of sp³-hybridized carbons (Fsp3) is 0.731. The number of carbonyl (C=O) groups excluding carboxylic acids is 3. The Morgan fingerprint density at radius 3 is 0.586 bits per heavy atom. The van der Waals surface area contributed by atoms with Crippen LogP contribution in [0.2, 0.25) is 0 Å². The van der Waals surface area contributed by atoms with Crippen LogP contribution in [0.4, 0.5) is 0 Å². The van der Waals surface area contributed by atoms with Crippen LogP contribution in [-0.4, -0.2) is 91.5 Å². The van der Waals surface area contributed by atoms with Crippen molar-refractivity contribution in [3.63, 3.8) is 0 Å². The third kappa shape index (κ3) is 36.7. The lowest BCUT2D eigenvalue weighted by Gasteiger charge is -2.30. The zero-order valence-corrected chi connectivity index (χ0v) is 56.4. The van der Waals surface area contributed by atoms with Crippen LogP contribution in [-0.2, 0) is 0 Å². The molecule has 4 rings (SSSR count). The van der Waals surface area contributed by atoms with Gasteiger partial charge in [-0.15, -0.1) is 0 Å². The van der Waals surface area contributed by atoms with E-state index in [0.717, 1.165) is 36.5 Å². The van der Waals surface area contributed by atoms with E-state index in [2.05, 4.69) is 20.8 Å². The highest BCUT2D eigenvalue weighted by Crippen LogP contribution is 2.22. The van der Waals surface area contributed by atoms with Gasteiger partial charge < -0.3 is 28.9 Å². The number of hydrogen-bond acceptors (Lipinski definition) is 6. The van der Waals surface area contributed by atoms with Crippen LogP contribution >= 0.6 is 0 Å². The van der Waals surface area contributed by atoms with Gasteiger partial charge in [0.25, 0.3) is 17.7 Å². The van der Waals surface area contributed by atoms with Crippen LogP contribution in [0.1, 0.15) is 341 Å². The summed E-state index contributed by atoms with van der Waals surface area (Å²) in [6.07, 6.45) is 57.7. The molecule has 3 amide bonds. The standard InChI is InChI=1S/C78H129N3O6/c1-4-7-10-13-16-19-22-25-28-31-34-37-40-43-67-85-73-55-49-70(50-56-73)76(82)79-61-46-63-80(77(83)71-51-57-74(58-52-71)86-68-44-41-38-35-32-29-26-23-20-17-14-11-8-5-2)65-48-66-81(64-47-62-79)78(84)72-53-59-75(60-54-72)87-69-45-42-39-36-33-30-27-24-21-18-15-12-9-6-3/h49-60H,4-48,61-69H2,1-3H3. The maximum absolute atomic E-state index is 14.3. The SMILES string of the molecule is CCCCCCCCCCCCCCCCOc1ccc(C(=O)N2CCCN(C(=O)c3ccc(OCCCCCCCCCCCCCCCC)cc3)CCCN(C(=O)c3ccc(OCCCCCCCCCCCCCCCC)cc3)CCC2)cc1. The number of ether oxygens (including phenoxy) is 3. The van der Waals surface area contributed by atoms with E-state index >= 15 is 0 Å². The van der Waals surface area contributed by atoms with Crippen molar-refractivity contribution >= 4 is 17.7 Å². The lowest BCUT2D eigenvalue weighted by Crippen LogP contribution is -2.41. The molecule has 1 aliphatic rings. The molecule has 0 spiro atoms. The summed E-state index contributed by atoms with van der Waals surface area (Å²) in [5, 5.41) is 0. The first-order chi connectivity index (χ1) is 42.9. The van der Waals surface area contributed by atoms with Crippen molar-refractivity contribution in [3.8, 4) is 17.2 Å². The van der Waals surface area contributed by atoms with Crippen molar-refractivity contribution in [3.05, 3.63) is 89.5 Å². The Balaban J connectivity index is 1.25. The number of nitrogens with zero attached hydrogens (tertiary/aromatic N) is 3. The largest absolute Gasteiger partial charge is 0.494 e. The molecule has 0 atom stereocenters. The number of amides is 3. The van der Waals surface area contributed by atoms with Crippen molar-refractivity contribution in [2.24, 2.45) is 0 Å². The highest BCUT2D eigenvalue weighted by Gasteiger charge is 2.23. The van der Waals surface area contributed by atoms with Gasteiger partial charge in [0.05, 0.1) is 19.8 Å². The molecule has 1 aliphatic heterocycles. The third-order valence-electron chi connectivity index (χ3n) is 18.0. The van der Waals surface area contributed by atoms with E-state index in [1.807, 2.05) is 87.5 Å². The van der Waals surface area contributed by atoms with Crippen LogP contribution in [0, 0.1) is 0 Å². The molecule has 0 aromatic heterocycles. The van der Waals surface area contributed by atoms with Crippen LogP contribution in [0.5, 0.6) is 17.2 Å². The van der Waals surface area contributed by atoms with E-state index in [0.29, 0.717) is 95.0 Å². The summed E-state index contributed by atoms with van der Waals surface area (Å²) < 4.78 is 18.4. The molecule has 3 aromatic rings. The molecule has 0 radical (unpaired) electrons. The average molecular weight is 1200 g/mol. The fourth-order valence-corrected chi connectivity index (χ4v) is 12.4. The van der Waals surface area contributed by atoms with E-state index < -0.39 is 0 Å². The monoisotopic (exact) mass is 1200 g/mol. The second-order valence-corrected chi connectivity index (χ2v) is 25.8. The van der Waals surface area contributed by atoms with Crippen LogP contribution in [0.25, 0.3) is 0 Å². The smallest absolute Gasteiger partial charge is 0.253 e. The second-order valence-electron chi connectivity index (χ2n) is 25.8. The first-order valence-electron chi connectivity index (χ1n) is 37.0. The minimum absolute atomic E-state index is 0.0457. The van der Waals surface area contributed by atoms with Gasteiger partial charge in [-0.2, -0.15) is 0 Å². The van der Waals surface area contributed by atoms with Gasteiger partial charge in [0, 0.05) is 56.0 Å². The topological polar surface area (TPSA) is 88.6 Å². The number of rotatable bonds is 51. The van der Waals surface area contributed by atoms with Gasteiger partial charge in [0.1, 0.15) is 17.2 Å². The van der Waals surface area contributed by atoms with E-state index in [-0.39, 0.29) is 17.7 Å². The van der Waals surface area contributed by atoms with Crippen LogP contribution in [0.3, 0.4) is 0 Å². The van der Waals surface area contributed by atoms with Crippen molar-refractivity contribution in [1.29, 1.82) is 0 Å². The van der Waals surface area contributed by atoms with Gasteiger partial charge in [0.2, 0.25) is 0 Å². The molecule has 492 valence electrons. The van der Waals surface area contributed by atoms with Crippen molar-refractivity contribution in [2.75, 3.05) is 59.1 Å². The Hall–Kier alpha value is -4.53. The summed E-state index contributed by atoms with van der Waals surface area (Å²) in [5.74, 6) is 2.22. The number of unbranched alkanes of at least 4 members (excludes halogenated alkanes) is 39. The zero-order chi connectivity index (χ0) is 61.7. The Labute approximate surface area is 534 Å². The van der Waals surface area contributed by atoms with Gasteiger partial charge in [0.15, 0.2) is 0 Å². The Kier molecular flexibility index (Phi) is 45.0. The molecule has 0 aliphatic carbocycles. The van der Waals surface area contributed by atoms with Crippen molar-refractivity contribution in [1.82, 2.24) is 14.7 Å². The van der Waals surface area contributed by atoms with Gasteiger partial charge in [-0.1, -0.05) is 271 Å². The van der Waals surface area contributed by atoms with E-state index in [4.69, 9.17) is 14.2 Å². The van der Waals surface area contributed by atoms with Gasteiger partial charge in [-0.25, -0.2) is 0 Å². The van der Waals surface area contributed by atoms with Crippen LogP contribution < -0.4 is 14.2 Å². The molecule has 9 heteroatoms. The Bertz CT molecular complexity index is 1840. The molecule has 1 heterocycles. The maximum Gasteiger partial charge on any atom is 0.253 e. The van der Waals surface area contributed by atoms with E-state index in [9.17, 15) is 14.4 Å².